The molecule has 1 aromatic heterocycles. The minimum Gasteiger partial charge on any atom is -0.367 e. The zero-order chi connectivity index (χ0) is 15.7. The third-order valence-electron chi connectivity index (χ3n) is 4.22. The summed E-state index contributed by atoms with van der Waals surface area (Å²) in [6.45, 7) is 6.19. The van der Waals surface area contributed by atoms with Gasteiger partial charge in [0.05, 0.1) is 11.4 Å². The van der Waals surface area contributed by atoms with Gasteiger partial charge >= 0.3 is 0 Å². The Labute approximate surface area is 135 Å². The summed E-state index contributed by atoms with van der Waals surface area (Å²) in [6.07, 6.45) is 0. The van der Waals surface area contributed by atoms with Crippen molar-refractivity contribution >= 4 is 17.3 Å². The predicted octanol–water partition coefficient (Wildman–Crippen LogP) is 2.84. The van der Waals surface area contributed by atoms with Crippen LogP contribution in [-0.2, 0) is 13.6 Å². The van der Waals surface area contributed by atoms with Gasteiger partial charge < -0.3 is 4.90 Å². The SMILES string of the molecule is Cc1nn(C)c(Cl)c1CN1CCN(c2ccccc2F)CC1. The molecule has 0 radical (unpaired) electrons. The molecular formula is C16H20ClFN4. The van der Waals surface area contributed by atoms with Crippen LogP contribution >= 0.6 is 11.6 Å². The lowest BCUT2D eigenvalue weighted by Crippen LogP contribution is -2.46. The smallest absolute Gasteiger partial charge is 0.146 e. The summed E-state index contributed by atoms with van der Waals surface area (Å²) in [5.74, 6) is -0.151. The van der Waals surface area contributed by atoms with Crippen LogP contribution in [-0.4, -0.2) is 40.9 Å². The van der Waals surface area contributed by atoms with Gasteiger partial charge in [-0.1, -0.05) is 23.7 Å². The Morgan fingerprint density at radius 2 is 1.86 bits per heavy atom. The number of hydrogen-bond acceptors (Lipinski definition) is 3. The van der Waals surface area contributed by atoms with Gasteiger partial charge in [-0.3, -0.25) is 9.58 Å². The van der Waals surface area contributed by atoms with Gasteiger partial charge in [-0.2, -0.15) is 5.10 Å². The fourth-order valence-electron chi connectivity index (χ4n) is 2.93. The maximum Gasteiger partial charge on any atom is 0.146 e. The monoisotopic (exact) mass is 322 g/mol. The first kappa shape index (κ1) is 15.3. The largest absolute Gasteiger partial charge is 0.367 e. The van der Waals surface area contributed by atoms with Crippen molar-refractivity contribution in [2.45, 2.75) is 13.5 Å². The highest BCUT2D eigenvalue weighted by molar-refractivity contribution is 6.30. The summed E-state index contributed by atoms with van der Waals surface area (Å²) in [4.78, 5) is 4.44. The first-order valence-corrected chi connectivity index (χ1v) is 7.84. The lowest BCUT2D eigenvalue weighted by Gasteiger charge is -2.36. The Bertz CT molecular complexity index is 662. The van der Waals surface area contributed by atoms with E-state index in [1.54, 1.807) is 10.7 Å². The third kappa shape index (κ3) is 2.96. The fraction of sp³-hybridized carbons (Fsp3) is 0.438. The average molecular weight is 323 g/mol. The number of piperazine rings is 1. The number of hydrogen-bond donors (Lipinski definition) is 0. The molecule has 0 aliphatic carbocycles. The number of nitrogens with zero attached hydrogens (tertiary/aromatic N) is 4. The van der Waals surface area contributed by atoms with Crippen molar-refractivity contribution in [3.8, 4) is 0 Å². The van der Waals surface area contributed by atoms with Gasteiger partial charge in [-0.15, -0.1) is 0 Å². The summed E-state index contributed by atoms with van der Waals surface area (Å²) in [7, 11) is 1.86. The van der Waals surface area contributed by atoms with E-state index in [2.05, 4.69) is 14.9 Å². The number of benzene rings is 1. The van der Waals surface area contributed by atoms with Crippen molar-refractivity contribution in [3.63, 3.8) is 0 Å². The topological polar surface area (TPSA) is 24.3 Å². The van der Waals surface area contributed by atoms with Gasteiger partial charge in [0.25, 0.3) is 0 Å². The van der Waals surface area contributed by atoms with Crippen molar-refractivity contribution in [2.75, 3.05) is 31.1 Å². The Kier molecular flexibility index (Phi) is 4.36. The van der Waals surface area contributed by atoms with Crippen molar-refractivity contribution < 1.29 is 4.39 Å². The van der Waals surface area contributed by atoms with E-state index in [-0.39, 0.29) is 5.82 Å². The van der Waals surface area contributed by atoms with Gasteiger partial charge in [-0.05, 0) is 19.1 Å². The Morgan fingerprint density at radius 3 is 2.45 bits per heavy atom. The van der Waals surface area contributed by atoms with Crippen LogP contribution in [0.5, 0.6) is 0 Å². The van der Waals surface area contributed by atoms with E-state index < -0.39 is 0 Å². The minimum absolute atomic E-state index is 0.151. The van der Waals surface area contributed by atoms with Gasteiger partial charge in [-0.25, -0.2) is 4.39 Å². The standard InChI is InChI=1S/C16H20ClFN4/c1-12-13(16(17)20(2)19-12)11-21-7-9-22(10-8-21)15-6-4-3-5-14(15)18/h3-6H,7-11H2,1-2H3. The average Bonchev–Trinajstić information content (AvgIpc) is 2.75. The molecule has 3 rings (SSSR count). The zero-order valence-corrected chi connectivity index (χ0v) is 13.6. The Hall–Kier alpha value is -1.59. The zero-order valence-electron chi connectivity index (χ0n) is 12.9. The quantitative estimate of drug-likeness (QED) is 0.868. The van der Waals surface area contributed by atoms with E-state index in [9.17, 15) is 4.39 Å². The molecule has 1 aliphatic rings. The normalized spacial score (nSPS) is 16.3. The van der Waals surface area contributed by atoms with E-state index in [0.717, 1.165) is 44.0 Å². The molecule has 1 aliphatic heterocycles. The Balaban J connectivity index is 1.64. The van der Waals surface area contributed by atoms with E-state index in [4.69, 9.17) is 11.6 Å². The molecular weight excluding hydrogens is 303 g/mol. The number of aryl methyl sites for hydroxylation is 2. The summed E-state index contributed by atoms with van der Waals surface area (Å²) < 4.78 is 15.6. The molecule has 1 saturated heterocycles. The van der Waals surface area contributed by atoms with E-state index in [1.807, 2.05) is 26.1 Å². The molecule has 2 heterocycles. The number of aromatic nitrogens is 2. The van der Waals surface area contributed by atoms with Gasteiger partial charge in [0, 0.05) is 45.3 Å². The highest BCUT2D eigenvalue weighted by Crippen LogP contribution is 2.23. The van der Waals surface area contributed by atoms with Gasteiger partial charge in [0.15, 0.2) is 0 Å². The van der Waals surface area contributed by atoms with E-state index in [1.165, 1.54) is 6.07 Å². The first-order valence-electron chi connectivity index (χ1n) is 7.46. The number of para-hydroxylation sites is 1. The van der Waals surface area contributed by atoms with Crippen LogP contribution in [0.1, 0.15) is 11.3 Å². The van der Waals surface area contributed by atoms with Crippen LogP contribution in [0.4, 0.5) is 10.1 Å². The van der Waals surface area contributed by atoms with Gasteiger partial charge in [0.2, 0.25) is 0 Å². The highest BCUT2D eigenvalue weighted by Gasteiger charge is 2.21. The predicted molar refractivity (Wildman–Crippen MR) is 86.8 cm³/mol. The lowest BCUT2D eigenvalue weighted by atomic mass is 10.2. The molecule has 1 fully saturated rings. The number of halogens is 2. The van der Waals surface area contributed by atoms with Crippen LogP contribution in [0.25, 0.3) is 0 Å². The fourth-order valence-corrected chi connectivity index (χ4v) is 3.17. The first-order chi connectivity index (χ1) is 10.6. The molecule has 0 bridgehead atoms. The number of rotatable bonds is 3. The second-order valence-corrected chi connectivity index (χ2v) is 6.05. The van der Waals surface area contributed by atoms with Crippen LogP contribution < -0.4 is 4.90 Å². The minimum atomic E-state index is -0.151. The second kappa shape index (κ2) is 6.26. The van der Waals surface area contributed by atoms with Crippen molar-refractivity contribution in [1.29, 1.82) is 0 Å². The Morgan fingerprint density at radius 1 is 1.18 bits per heavy atom. The van der Waals surface area contributed by atoms with E-state index in [0.29, 0.717) is 10.8 Å². The third-order valence-corrected chi connectivity index (χ3v) is 4.69. The highest BCUT2D eigenvalue weighted by atomic mass is 35.5. The maximum absolute atomic E-state index is 13.8. The summed E-state index contributed by atoms with van der Waals surface area (Å²) in [5, 5.41) is 5.05. The molecule has 6 heteroatoms. The summed E-state index contributed by atoms with van der Waals surface area (Å²) in [5.41, 5.74) is 2.75. The van der Waals surface area contributed by atoms with Crippen LogP contribution in [0.3, 0.4) is 0 Å². The molecule has 0 spiro atoms. The molecule has 0 atom stereocenters. The van der Waals surface area contributed by atoms with Crippen molar-refractivity contribution in [1.82, 2.24) is 14.7 Å². The molecule has 0 unspecified atom stereocenters. The van der Waals surface area contributed by atoms with Crippen LogP contribution in [0.15, 0.2) is 24.3 Å². The molecule has 22 heavy (non-hydrogen) atoms. The molecule has 1 aromatic carbocycles. The van der Waals surface area contributed by atoms with E-state index >= 15 is 0 Å². The molecule has 2 aromatic rings. The molecule has 4 nitrogen and oxygen atoms in total. The maximum atomic E-state index is 13.8. The van der Waals surface area contributed by atoms with Crippen molar-refractivity contribution in [2.24, 2.45) is 7.05 Å². The summed E-state index contributed by atoms with van der Waals surface area (Å²) in [6, 6.07) is 6.96. The number of anilines is 1. The van der Waals surface area contributed by atoms with Crippen LogP contribution in [0, 0.1) is 12.7 Å². The molecule has 118 valence electrons. The van der Waals surface area contributed by atoms with Gasteiger partial charge in [0.1, 0.15) is 11.0 Å². The van der Waals surface area contributed by atoms with Crippen molar-refractivity contribution in [3.05, 3.63) is 46.5 Å². The molecule has 0 amide bonds. The summed E-state index contributed by atoms with van der Waals surface area (Å²) >= 11 is 6.29. The molecule has 0 saturated carbocycles. The van der Waals surface area contributed by atoms with Crippen LogP contribution in [0.2, 0.25) is 5.15 Å². The molecule has 0 N–H and O–H groups in total. The lowest BCUT2D eigenvalue weighted by molar-refractivity contribution is 0.249. The second-order valence-electron chi connectivity index (χ2n) is 5.69.